The second-order valence-electron chi connectivity index (χ2n) is 5.64. The van der Waals surface area contributed by atoms with Crippen molar-refractivity contribution in [3.8, 4) is 0 Å². The minimum Gasteiger partial charge on any atom is -0.323 e. The van der Waals surface area contributed by atoms with Gasteiger partial charge in [0.05, 0.1) is 27.0 Å². The van der Waals surface area contributed by atoms with Gasteiger partial charge in [-0.1, -0.05) is 23.2 Å². The Morgan fingerprint density at radius 1 is 1.19 bits per heavy atom. The van der Waals surface area contributed by atoms with Crippen LogP contribution in [0.2, 0.25) is 10.0 Å². The van der Waals surface area contributed by atoms with Crippen LogP contribution in [0.3, 0.4) is 0 Å². The third-order valence-corrected chi connectivity index (χ3v) is 5.05. The first kappa shape index (κ1) is 15.4. The second-order valence-corrected chi connectivity index (χ2v) is 6.73. The number of alkyl halides is 1. The molecule has 0 aliphatic carbocycles. The Balaban J connectivity index is 2.00. The fourth-order valence-electron chi connectivity index (χ4n) is 3.15. The van der Waals surface area contributed by atoms with E-state index in [1.54, 1.807) is 0 Å². The molecule has 21 heavy (non-hydrogen) atoms. The smallest absolute Gasteiger partial charge is 0.125 e. The number of aromatic nitrogens is 2. The van der Waals surface area contributed by atoms with Gasteiger partial charge in [0.15, 0.2) is 0 Å². The number of likely N-dealkylation sites (tertiary alicyclic amines) is 1. The first-order valence-corrected chi connectivity index (χ1v) is 8.53. The van der Waals surface area contributed by atoms with Crippen molar-refractivity contribution in [3.63, 3.8) is 0 Å². The summed E-state index contributed by atoms with van der Waals surface area (Å²) >= 11 is 18.3. The summed E-state index contributed by atoms with van der Waals surface area (Å²) < 4.78 is 2.20. The molecular formula is C15H18Cl3N3. The van der Waals surface area contributed by atoms with Gasteiger partial charge >= 0.3 is 0 Å². The quantitative estimate of drug-likeness (QED) is 0.746. The van der Waals surface area contributed by atoms with Gasteiger partial charge in [0.2, 0.25) is 0 Å². The maximum absolute atomic E-state index is 6.17. The van der Waals surface area contributed by atoms with Crippen molar-refractivity contribution in [2.45, 2.75) is 31.7 Å². The molecule has 0 radical (unpaired) electrons. The molecule has 1 aromatic carbocycles. The van der Waals surface area contributed by atoms with E-state index in [0.29, 0.717) is 22.0 Å². The van der Waals surface area contributed by atoms with E-state index in [9.17, 15) is 0 Å². The van der Waals surface area contributed by atoms with Crippen LogP contribution in [0.15, 0.2) is 12.1 Å². The molecule has 0 saturated carbocycles. The van der Waals surface area contributed by atoms with Crippen LogP contribution in [0.1, 0.15) is 31.6 Å². The third kappa shape index (κ3) is 3.02. The molecule has 1 aromatic heterocycles. The monoisotopic (exact) mass is 345 g/mol. The average molecular weight is 347 g/mol. The Bertz CT molecular complexity index is 647. The van der Waals surface area contributed by atoms with E-state index in [0.717, 1.165) is 23.4 Å². The van der Waals surface area contributed by atoms with Gasteiger partial charge in [0.25, 0.3) is 0 Å². The number of hydrogen-bond donors (Lipinski definition) is 0. The molecule has 2 aromatic rings. The lowest BCUT2D eigenvalue weighted by molar-refractivity contribution is 0.288. The van der Waals surface area contributed by atoms with Gasteiger partial charge < -0.3 is 9.47 Å². The van der Waals surface area contributed by atoms with Crippen LogP contribution in [-0.2, 0) is 5.88 Å². The highest BCUT2D eigenvalue weighted by Gasteiger charge is 2.20. The Morgan fingerprint density at radius 3 is 2.52 bits per heavy atom. The van der Waals surface area contributed by atoms with Crippen molar-refractivity contribution in [3.05, 3.63) is 28.0 Å². The highest BCUT2D eigenvalue weighted by atomic mass is 35.5. The SMILES string of the molecule is CC(CN1CCCC1)n1c(CCl)nc2cc(Cl)c(Cl)cc21. The van der Waals surface area contributed by atoms with Crippen LogP contribution in [0, 0.1) is 0 Å². The molecular weight excluding hydrogens is 329 g/mol. The Morgan fingerprint density at radius 2 is 1.86 bits per heavy atom. The molecule has 1 unspecified atom stereocenters. The predicted octanol–water partition coefficient (Wildman–Crippen LogP) is 4.74. The lowest BCUT2D eigenvalue weighted by Gasteiger charge is -2.23. The molecule has 0 bridgehead atoms. The number of nitrogens with zero attached hydrogens (tertiary/aromatic N) is 3. The van der Waals surface area contributed by atoms with Crippen LogP contribution in [0.4, 0.5) is 0 Å². The molecule has 114 valence electrons. The zero-order chi connectivity index (χ0) is 15.0. The van der Waals surface area contributed by atoms with E-state index in [4.69, 9.17) is 34.8 Å². The molecule has 1 saturated heterocycles. The van der Waals surface area contributed by atoms with Crippen molar-refractivity contribution in [2.24, 2.45) is 0 Å². The fourth-order valence-corrected chi connectivity index (χ4v) is 3.65. The molecule has 3 nitrogen and oxygen atoms in total. The van der Waals surface area contributed by atoms with E-state index in [1.165, 1.54) is 25.9 Å². The van der Waals surface area contributed by atoms with Gasteiger partial charge in [0.1, 0.15) is 5.82 Å². The molecule has 1 fully saturated rings. The maximum Gasteiger partial charge on any atom is 0.125 e. The van der Waals surface area contributed by atoms with Crippen molar-refractivity contribution in [1.29, 1.82) is 0 Å². The van der Waals surface area contributed by atoms with E-state index < -0.39 is 0 Å². The van der Waals surface area contributed by atoms with Crippen LogP contribution >= 0.6 is 34.8 Å². The highest BCUT2D eigenvalue weighted by molar-refractivity contribution is 6.42. The Hall–Kier alpha value is -0.480. The number of imidazole rings is 1. The number of hydrogen-bond acceptors (Lipinski definition) is 2. The fraction of sp³-hybridized carbons (Fsp3) is 0.533. The summed E-state index contributed by atoms with van der Waals surface area (Å²) in [6.45, 7) is 5.58. The zero-order valence-corrected chi connectivity index (χ0v) is 14.2. The van der Waals surface area contributed by atoms with Gasteiger partial charge in [-0.15, -0.1) is 11.6 Å². The van der Waals surface area contributed by atoms with Crippen LogP contribution in [0.5, 0.6) is 0 Å². The van der Waals surface area contributed by atoms with Crippen LogP contribution in [-0.4, -0.2) is 34.1 Å². The Labute approximate surface area is 139 Å². The second kappa shape index (κ2) is 6.33. The summed E-state index contributed by atoms with van der Waals surface area (Å²) in [4.78, 5) is 7.09. The lowest BCUT2D eigenvalue weighted by atomic mass is 10.2. The number of halogens is 3. The van der Waals surface area contributed by atoms with Crippen molar-refractivity contribution < 1.29 is 0 Å². The first-order chi connectivity index (χ1) is 10.1. The summed E-state index contributed by atoms with van der Waals surface area (Å²) in [5, 5.41) is 1.09. The van der Waals surface area contributed by atoms with Gasteiger partial charge in [-0.05, 0) is 45.0 Å². The Kier molecular flexibility index (Phi) is 4.65. The van der Waals surface area contributed by atoms with Crippen LogP contribution in [0.25, 0.3) is 11.0 Å². The van der Waals surface area contributed by atoms with Crippen molar-refractivity contribution in [1.82, 2.24) is 14.5 Å². The molecule has 1 aliphatic heterocycles. The molecule has 1 atom stereocenters. The lowest BCUT2D eigenvalue weighted by Crippen LogP contribution is -2.27. The topological polar surface area (TPSA) is 21.1 Å². The molecule has 0 spiro atoms. The summed E-state index contributed by atoms with van der Waals surface area (Å²) in [5.74, 6) is 1.26. The van der Waals surface area contributed by atoms with Gasteiger partial charge in [-0.3, -0.25) is 0 Å². The summed E-state index contributed by atoms with van der Waals surface area (Å²) in [5.41, 5.74) is 1.86. The number of fused-ring (bicyclic) bond motifs is 1. The number of rotatable bonds is 4. The van der Waals surface area contributed by atoms with E-state index in [1.807, 2.05) is 12.1 Å². The molecule has 6 heteroatoms. The van der Waals surface area contributed by atoms with E-state index in [-0.39, 0.29) is 0 Å². The average Bonchev–Trinajstić information content (AvgIpc) is 3.06. The largest absolute Gasteiger partial charge is 0.323 e. The van der Waals surface area contributed by atoms with E-state index >= 15 is 0 Å². The zero-order valence-electron chi connectivity index (χ0n) is 12.0. The molecule has 1 aliphatic rings. The number of benzene rings is 1. The minimum atomic E-state index is 0.305. The highest BCUT2D eigenvalue weighted by Crippen LogP contribution is 2.31. The third-order valence-electron chi connectivity index (χ3n) is 4.09. The van der Waals surface area contributed by atoms with Gasteiger partial charge in [-0.25, -0.2) is 4.98 Å². The molecule has 0 N–H and O–H groups in total. The standard InChI is InChI=1S/C15H18Cl3N3/c1-10(9-20-4-2-3-5-20)21-14-7-12(18)11(17)6-13(14)19-15(21)8-16/h6-7,10H,2-5,8-9H2,1H3. The van der Waals surface area contributed by atoms with Crippen molar-refractivity contribution >= 4 is 45.8 Å². The summed E-state index contributed by atoms with van der Waals surface area (Å²) in [6.07, 6.45) is 2.59. The van der Waals surface area contributed by atoms with Gasteiger partial charge in [-0.2, -0.15) is 0 Å². The minimum absolute atomic E-state index is 0.305. The van der Waals surface area contributed by atoms with Crippen molar-refractivity contribution in [2.75, 3.05) is 19.6 Å². The molecule has 2 heterocycles. The summed E-state index contributed by atoms with van der Waals surface area (Å²) in [6, 6.07) is 4.01. The van der Waals surface area contributed by atoms with Gasteiger partial charge in [0, 0.05) is 12.6 Å². The normalized spacial score (nSPS) is 17.7. The van der Waals surface area contributed by atoms with E-state index in [2.05, 4.69) is 21.4 Å². The maximum atomic E-state index is 6.17. The molecule has 3 rings (SSSR count). The first-order valence-electron chi connectivity index (χ1n) is 7.24. The molecule has 0 amide bonds. The predicted molar refractivity (Wildman–Crippen MR) is 89.7 cm³/mol. The van der Waals surface area contributed by atoms with Crippen LogP contribution < -0.4 is 0 Å². The summed E-state index contributed by atoms with van der Waals surface area (Å²) in [7, 11) is 0.